The van der Waals surface area contributed by atoms with Crippen LogP contribution in [-0.2, 0) is 0 Å². The van der Waals surface area contributed by atoms with Gasteiger partial charge in [0.2, 0.25) is 0 Å². The number of amides is 1. The van der Waals surface area contributed by atoms with Gasteiger partial charge in [-0.25, -0.2) is 4.39 Å². The molecule has 3 N–H and O–H groups in total. The van der Waals surface area contributed by atoms with Crippen molar-refractivity contribution in [2.75, 3.05) is 0 Å². The largest absolute Gasteiger partial charge is 0.364 e. The third kappa shape index (κ3) is 1.24. The van der Waals surface area contributed by atoms with Gasteiger partial charge in [0, 0.05) is 5.39 Å². The SMILES string of the molecule is NC(=O)c1cc2ccc(F)c(Cl)c2[nH]1. The van der Waals surface area contributed by atoms with E-state index in [1.54, 1.807) is 0 Å². The molecule has 1 aromatic carbocycles. The Morgan fingerprint density at radius 1 is 1.50 bits per heavy atom. The Morgan fingerprint density at radius 3 is 2.86 bits per heavy atom. The number of primary amides is 1. The zero-order valence-electron chi connectivity index (χ0n) is 6.97. The normalized spacial score (nSPS) is 10.7. The molecule has 1 heterocycles. The summed E-state index contributed by atoms with van der Waals surface area (Å²) in [7, 11) is 0. The van der Waals surface area contributed by atoms with Crippen LogP contribution in [0.15, 0.2) is 18.2 Å². The number of rotatable bonds is 1. The van der Waals surface area contributed by atoms with E-state index >= 15 is 0 Å². The number of halogens is 2. The first kappa shape index (κ1) is 9.02. The highest BCUT2D eigenvalue weighted by molar-refractivity contribution is 6.35. The number of benzene rings is 1. The Kier molecular flexibility index (Phi) is 1.93. The Bertz CT molecular complexity index is 521. The van der Waals surface area contributed by atoms with Crippen molar-refractivity contribution in [3.05, 3.63) is 34.7 Å². The van der Waals surface area contributed by atoms with Crippen LogP contribution in [0.25, 0.3) is 10.9 Å². The maximum absolute atomic E-state index is 13.0. The molecule has 5 heteroatoms. The molecule has 0 aliphatic rings. The molecule has 0 aliphatic carbocycles. The number of carbonyl (C=O) groups is 1. The lowest BCUT2D eigenvalue weighted by Gasteiger charge is -1.94. The number of hydrogen-bond donors (Lipinski definition) is 2. The van der Waals surface area contributed by atoms with Crippen LogP contribution < -0.4 is 5.73 Å². The van der Waals surface area contributed by atoms with Gasteiger partial charge in [-0.2, -0.15) is 0 Å². The van der Waals surface area contributed by atoms with Crippen molar-refractivity contribution in [1.82, 2.24) is 4.98 Å². The fraction of sp³-hybridized carbons (Fsp3) is 0. The lowest BCUT2D eigenvalue weighted by molar-refractivity contribution is 0.0996. The van der Waals surface area contributed by atoms with Crippen LogP contribution in [0.2, 0.25) is 5.02 Å². The summed E-state index contributed by atoms with van der Waals surface area (Å²) in [6.07, 6.45) is 0. The second-order valence-corrected chi connectivity index (χ2v) is 3.25. The van der Waals surface area contributed by atoms with Crippen LogP contribution in [0.5, 0.6) is 0 Å². The summed E-state index contributed by atoms with van der Waals surface area (Å²) in [5.41, 5.74) is 5.66. The van der Waals surface area contributed by atoms with Crippen LogP contribution in [0, 0.1) is 5.82 Å². The number of aromatic nitrogens is 1. The molecule has 0 fully saturated rings. The van der Waals surface area contributed by atoms with E-state index in [0.29, 0.717) is 10.9 Å². The zero-order chi connectivity index (χ0) is 10.3. The minimum Gasteiger partial charge on any atom is -0.364 e. The van der Waals surface area contributed by atoms with E-state index in [1.807, 2.05) is 0 Å². The number of nitrogens with two attached hydrogens (primary N) is 1. The topological polar surface area (TPSA) is 58.9 Å². The van der Waals surface area contributed by atoms with Gasteiger partial charge < -0.3 is 10.7 Å². The van der Waals surface area contributed by atoms with Gasteiger partial charge >= 0.3 is 0 Å². The molecule has 0 unspecified atom stereocenters. The number of H-pyrrole nitrogens is 1. The first-order chi connectivity index (χ1) is 6.59. The Labute approximate surface area is 83.7 Å². The molecule has 0 aliphatic heterocycles. The van der Waals surface area contributed by atoms with Gasteiger partial charge in [0.15, 0.2) is 0 Å². The smallest absolute Gasteiger partial charge is 0.265 e. The average molecular weight is 213 g/mol. The molecule has 0 saturated carbocycles. The predicted molar refractivity (Wildman–Crippen MR) is 51.8 cm³/mol. The Morgan fingerprint density at radius 2 is 2.21 bits per heavy atom. The molecule has 2 aromatic rings. The van der Waals surface area contributed by atoms with Gasteiger partial charge in [-0.05, 0) is 18.2 Å². The standard InChI is InChI=1S/C9H6ClFN2O/c10-7-5(11)2-1-4-3-6(9(12)14)13-8(4)7/h1-3,13H,(H2,12,14). The van der Waals surface area contributed by atoms with Gasteiger partial charge in [-0.15, -0.1) is 0 Å². The zero-order valence-corrected chi connectivity index (χ0v) is 7.73. The second kappa shape index (κ2) is 2.99. The van der Waals surface area contributed by atoms with Crippen molar-refractivity contribution < 1.29 is 9.18 Å². The van der Waals surface area contributed by atoms with E-state index in [-0.39, 0.29) is 10.7 Å². The maximum Gasteiger partial charge on any atom is 0.265 e. The van der Waals surface area contributed by atoms with Gasteiger partial charge in [-0.1, -0.05) is 11.6 Å². The fourth-order valence-electron chi connectivity index (χ4n) is 1.27. The molecule has 2 rings (SSSR count). The van der Waals surface area contributed by atoms with Crippen molar-refractivity contribution in [2.24, 2.45) is 5.73 Å². The summed E-state index contributed by atoms with van der Waals surface area (Å²) < 4.78 is 13.0. The summed E-state index contributed by atoms with van der Waals surface area (Å²) in [6, 6.07) is 4.30. The molecular formula is C9H6ClFN2O. The number of nitrogens with one attached hydrogen (secondary N) is 1. The van der Waals surface area contributed by atoms with Crippen molar-refractivity contribution in [2.45, 2.75) is 0 Å². The highest BCUT2D eigenvalue weighted by Gasteiger charge is 2.10. The highest BCUT2D eigenvalue weighted by Crippen LogP contribution is 2.26. The second-order valence-electron chi connectivity index (χ2n) is 2.87. The molecular weight excluding hydrogens is 207 g/mol. The molecule has 0 spiro atoms. The molecule has 1 amide bonds. The van der Waals surface area contributed by atoms with E-state index in [2.05, 4.69) is 4.98 Å². The molecule has 72 valence electrons. The van der Waals surface area contributed by atoms with Gasteiger partial charge in [-0.3, -0.25) is 4.79 Å². The van der Waals surface area contributed by atoms with Crippen LogP contribution >= 0.6 is 11.6 Å². The summed E-state index contributed by atoms with van der Waals surface area (Å²) in [6.45, 7) is 0. The quantitative estimate of drug-likeness (QED) is 0.747. The fourth-order valence-corrected chi connectivity index (χ4v) is 1.49. The number of hydrogen-bond acceptors (Lipinski definition) is 1. The first-order valence-corrected chi connectivity index (χ1v) is 4.24. The van der Waals surface area contributed by atoms with Crippen molar-refractivity contribution in [3.8, 4) is 0 Å². The minimum atomic E-state index is -0.599. The van der Waals surface area contributed by atoms with Crippen LogP contribution in [0.3, 0.4) is 0 Å². The molecule has 0 bridgehead atoms. The minimum absolute atomic E-state index is 0.0324. The molecule has 0 radical (unpaired) electrons. The van der Waals surface area contributed by atoms with Crippen molar-refractivity contribution in [1.29, 1.82) is 0 Å². The lowest BCUT2D eigenvalue weighted by atomic mass is 10.2. The van der Waals surface area contributed by atoms with E-state index in [1.165, 1.54) is 18.2 Å². The summed E-state index contributed by atoms with van der Waals surface area (Å²) in [4.78, 5) is 13.5. The molecule has 0 atom stereocenters. The lowest BCUT2D eigenvalue weighted by Crippen LogP contribution is -2.10. The van der Waals surface area contributed by atoms with Crippen molar-refractivity contribution >= 4 is 28.4 Å². The van der Waals surface area contributed by atoms with Crippen LogP contribution in [-0.4, -0.2) is 10.9 Å². The van der Waals surface area contributed by atoms with E-state index in [9.17, 15) is 9.18 Å². The van der Waals surface area contributed by atoms with E-state index in [4.69, 9.17) is 17.3 Å². The molecule has 3 nitrogen and oxygen atoms in total. The Balaban J connectivity index is 2.77. The summed E-state index contributed by atoms with van der Waals surface area (Å²) in [5.74, 6) is -1.13. The number of fused-ring (bicyclic) bond motifs is 1. The molecule has 1 aromatic heterocycles. The predicted octanol–water partition coefficient (Wildman–Crippen LogP) is 2.06. The maximum atomic E-state index is 13.0. The number of carbonyl (C=O) groups excluding carboxylic acids is 1. The molecule has 0 saturated heterocycles. The summed E-state index contributed by atoms with van der Waals surface area (Å²) in [5, 5.41) is 0.625. The van der Waals surface area contributed by atoms with Crippen LogP contribution in [0.4, 0.5) is 4.39 Å². The van der Waals surface area contributed by atoms with E-state index < -0.39 is 11.7 Å². The van der Waals surface area contributed by atoms with Gasteiger partial charge in [0.25, 0.3) is 5.91 Å². The summed E-state index contributed by atoms with van der Waals surface area (Å²) >= 11 is 5.69. The average Bonchev–Trinajstić information content (AvgIpc) is 2.56. The van der Waals surface area contributed by atoms with Crippen LogP contribution in [0.1, 0.15) is 10.5 Å². The van der Waals surface area contributed by atoms with Gasteiger partial charge in [0.1, 0.15) is 16.5 Å². The third-order valence-electron chi connectivity index (χ3n) is 1.95. The monoisotopic (exact) mass is 212 g/mol. The van der Waals surface area contributed by atoms with E-state index in [0.717, 1.165) is 0 Å². The van der Waals surface area contributed by atoms with Crippen molar-refractivity contribution in [3.63, 3.8) is 0 Å². The Hall–Kier alpha value is -1.55. The first-order valence-electron chi connectivity index (χ1n) is 3.86. The highest BCUT2D eigenvalue weighted by atomic mass is 35.5. The van der Waals surface area contributed by atoms with Gasteiger partial charge in [0.05, 0.1) is 5.52 Å². The molecule has 14 heavy (non-hydrogen) atoms. The third-order valence-corrected chi connectivity index (χ3v) is 2.32. The number of aromatic amines is 1.